The van der Waals surface area contributed by atoms with Crippen LogP contribution in [0.1, 0.15) is 47.1 Å². The molecule has 2 aromatic rings. The van der Waals surface area contributed by atoms with Crippen LogP contribution in [-0.2, 0) is 33.3 Å². The highest BCUT2D eigenvalue weighted by molar-refractivity contribution is 5.87. The molecule has 2 fully saturated rings. The van der Waals surface area contributed by atoms with Crippen molar-refractivity contribution in [3.8, 4) is 0 Å². The summed E-state index contributed by atoms with van der Waals surface area (Å²) in [7, 11) is 0. The van der Waals surface area contributed by atoms with Crippen molar-refractivity contribution >= 4 is 29.5 Å². The molecule has 0 bridgehead atoms. The quantitative estimate of drug-likeness (QED) is 0.217. The van der Waals surface area contributed by atoms with Gasteiger partial charge in [-0.3, -0.25) is 23.5 Å². The fourth-order valence-corrected chi connectivity index (χ4v) is 4.68. The molecule has 1 amide bonds. The minimum Gasteiger partial charge on any atom is -0.460 e. The minimum absolute atomic E-state index is 0.116. The maximum atomic E-state index is 15.0. The first-order chi connectivity index (χ1) is 21.7. The Kier molecular flexibility index (Phi) is 11.1. The molecule has 2 saturated heterocycles. The molecule has 17 nitrogen and oxygen atoms in total. The molecular formula is C26H32F4N6O11. The molecule has 5 N–H and O–H groups in total. The van der Waals surface area contributed by atoms with E-state index in [1.165, 1.54) is 20.8 Å². The molecule has 4 rings (SSSR count). The van der Waals surface area contributed by atoms with Gasteiger partial charge < -0.3 is 40.2 Å². The number of esters is 2. The second kappa shape index (κ2) is 14.1. The summed E-state index contributed by atoms with van der Waals surface area (Å²) in [5, 5.41) is 21.0. The molecule has 0 spiro atoms. The highest BCUT2D eigenvalue weighted by Gasteiger charge is 2.64. The Bertz CT molecular complexity index is 1600. The van der Waals surface area contributed by atoms with Gasteiger partial charge in [-0.05, 0) is 26.0 Å². The van der Waals surface area contributed by atoms with Gasteiger partial charge in [-0.1, -0.05) is 0 Å². The van der Waals surface area contributed by atoms with E-state index < -0.39 is 90.1 Å². The van der Waals surface area contributed by atoms with Crippen molar-refractivity contribution in [2.75, 3.05) is 11.1 Å². The number of hydrogen-bond donors (Lipinski definition) is 4. The molecule has 0 aromatic carbocycles. The van der Waals surface area contributed by atoms with E-state index in [-0.39, 0.29) is 11.6 Å². The van der Waals surface area contributed by atoms with Crippen molar-refractivity contribution in [3.05, 3.63) is 45.5 Å². The monoisotopic (exact) mass is 680 g/mol. The number of nitrogens with one attached hydrogen (secondary N) is 1. The van der Waals surface area contributed by atoms with Crippen molar-refractivity contribution in [1.82, 2.24) is 19.1 Å². The van der Waals surface area contributed by atoms with Crippen LogP contribution in [0.15, 0.2) is 34.1 Å². The molecule has 0 radical (unpaired) electrons. The van der Waals surface area contributed by atoms with Crippen LogP contribution in [0.3, 0.4) is 0 Å². The highest BCUT2D eigenvalue weighted by Crippen LogP contribution is 2.45. The lowest BCUT2D eigenvalue weighted by atomic mass is 10.1. The number of amides is 1. The predicted molar refractivity (Wildman–Crippen MR) is 148 cm³/mol. The first-order valence-corrected chi connectivity index (χ1v) is 13.7. The summed E-state index contributed by atoms with van der Waals surface area (Å²) in [4.78, 5) is 64.0. The zero-order chi connectivity index (χ0) is 35.6. The molecule has 2 aliphatic rings. The number of aromatic nitrogens is 4. The number of aliphatic hydroxyl groups excluding tert-OH is 2. The van der Waals surface area contributed by atoms with Crippen LogP contribution in [-0.4, -0.2) is 95.6 Å². The van der Waals surface area contributed by atoms with Gasteiger partial charge >= 0.3 is 35.2 Å². The number of alkyl halides is 4. The Balaban J connectivity index is 0.000000274. The molecule has 21 heteroatoms. The zero-order valence-electron chi connectivity index (χ0n) is 25.4. The topological polar surface area (TPSA) is 236 Å². The first kappa shape index (κ1) is 37.0. The van der Waals surface area contributed by atoms with E-state index in [0.717, 1.165) is 38.4 Å². The Morgan fingerprint density at radius 1 is 0.936 bits per heavy atom. The van der Waals surface area contributed by atoms with Gasteiger partial charge in [-0.15, -0.1) is 0 Å². The maximum Gasteiger partial charge on any atom is 0.351 e. The van der Waals surface area contributed by atoms with Gasteiger partial charge in [0.2, 0.25) is 18.4 Å². The molecule has 0 aliphatic carbocycles. The summed E-state index contributed by atoms with van der Waals surface area (Å²) in [5.74, 6) is -10.1. The molecule has 260 valence electrons. The van der Waals surface area contributed by atoms with E-state index in [9.17, 15) is 51.7 Å². The van der Waals surface area contributed by atoms with Crippen LogP contribution in [0.2, 0.25) is 0 Å². The largest absolute Gasteiger partial charge is 0.460 e. The summed E-state index contributed by atoms with van der Waals surface area (Å²) in [6.45, 7) is 5.70. The number of hydrogen-bond acceptors (Lipinski definition) is 14. The zero-order valence-corrected chi connectivity index (χ0v) is 25.4. The number of carbonyl (C=O) groups excluding carboxylic acids is 3. The van der Waals surface area contributed by atoms with Crippen molar-refractivity contribution in [1.29, 1.82) is 0 Å². The van der Waals surface area contributed by atoms with Crippen LogP contribution < -0.4 is 22.4 Å². The van der Waals surface area contributed by atoms with Crippen molar-refractivity contribution in [2.24, 2.45) is 0 Å². The van der Waals surface area contributed by atoms with Crippen LogP contribution in [0.5, 0.6) is 0 Å². The van der Waals surface area contributed by atoms with Gasteiger partial charge in [0.15, 0.2) is 12.2 Å². The van der Waals surface area contributed by atoms with Crippen LogP contribution in [0.25, 0.3) is 0 Å². The summed E-state index contributed by atoms with van der Waals surface area (Å²) in [5.41, 5.74) is 3.10. The second-order valence-corrected chi connectivity index (χ2v) is 10.5. The predicted octanol–water partition coefficient (Wildman–Crippen LogP) is -0.282. The van der Waals surface area contributed by atoms with Gasteiger partial charge in [0.25, 0.3) is 0 Å². The van der Waals surface area contributed by atoms with Crippen molar-refractivity contribution < 1.29 is 61.1 Å². The Morgan fingerprint density at radius 3 is 1.94 bits per heavy atom. The normalized spacial score (nSPS) is 27.1. The van der Waals surface area contributed by atoms with Crippen molar-refractivity contribution in [3.63, 3.8) is 0 Å². The third kappa shape index (κ3) is 8.10. The molecule has 47 heavy (non-hydrogen) atoms. The lowest BCUT2D eigenvalue weighted by Crippen LogP contribution is -2.46. The van der Waals surface area contributed by atoms with Gasteiger partial charge in [0, 0.05) is 33.2 Å². The molecule has 2 unspecified atom stereocenters. The van der Waals surface area contributed by atoms with Crippen LogP contribution >= 0.6 is 0 Å². The van der Waals surface area contributed by atoms with E-state index in [0.29, 0.717) is 9.13 Å². The lowest BCUT2D eigenvalue weighted by Gasteiger charge is -2.25. The number of anilines is 2. The average molecular weight is 681 g/mol. The third-order valence-electron chi connectivity index (χ3n) is 6.69. The molecule has 4 heterocycles. The molecule has 2 aromatic heterocycles. The summed E-state index contributed by atoms with van der Waals surface area (Å²) in [6, 6.07) is 2.29. The van der Waals surface area contributed by atoms with E-state index in [2.05, 4.69) is 15.3 Å². The Labute approximate surface area is 262 Å². The highest BCUT2D eigenvalue weighted by atomic mass is 19.3. The van der Waals surface area contributed by atoms with E-state index in [4.69, 9.17) is 24.7 Å². The summed E-state index contributed by atoms with van der Waals surface area (Å²) >= 11 is 0. The summed E-state index contributed by atoms with van der Waals surface area (Å²) in [6.07, 6.45) is -12.1. The SMILES string of the molecule is CC(=O)Nc1ccn([C@@H]2O[C@H](C(C)OC(C)=O)[C@@H](OC(C)=O)C2(F)F)c(=O)n1.CC(O)[C@H]1O[C@@H](n2ccc(N)nc2=O)C(F)(F)[C@@H]1O. The van der Waals surface area contributed by atoms with Gasteiger partial charge in [-0.2, -0.15) is 27.5 Å². The second-order valence-electron chi connectivity index (χ2n) is 10.5. The number of halogens is 4. The number of aliphatic hydroxyl groups is 2. The summed E-state index contributed by atoms with van der Waals surface area (Å²) < 4.78 is 78.4. The van der Waals surface area contributed by atoms with Crippen molar-refractivity contribution in [2.45, 2.75) is 95.5 Å². The average Bonchev–Trinajstić information content (AvgIpc) is 3.32. The van der Waals surface area contributed by atoms with E-state index in [1.807, 2.05) is 0 Å². The van der Waals surface area contributed by atoms with Gasteiger partial charge in [-0.25, -0.2) is 9.59 Å². The maximum absolute atomic E-state index is 15.0. The molecule has 0 saturated carbocycles. The van der Waals surface area contributed by atoms with Crippen LogP contribution in [0.4, 0.5) is 29.2 Å². The number of rotatable bonds is 7. The van der Waals surface area contributed by atoms with Crippen LogP contribution in [0, 0.1) is 0 Å². The minimum atomic E-state index is -3.84. The first-order valence-electron chi connectivity index (χ1n) is 13.7. The number of nitrogens with two attached hydrogens (primary N) is 1. The van der Waals surface area contributed by atoms with Gasteiger partial charge in [0.05, 0.1) is 6.10 Å². The number of nitrogen functional groups attached to an aromatic ring is 1. The molecule has 8 atom stereocenters. The van der Waals surface area contributed by atoms with E-state index in [1.54, 1.807) is 0 Å². The fourth-order valence-electron chi connectivity index (χ4n) is 4.68. The molecule has 2 aliphatic heterocycles. The molecular weight excluding hydrogens is 648 g/mol. The van der Waals surface area contributed by atoms with Gasteiger partial charge in [0.1, 0.15) is 29.9 Å². The number of ether oxygens (including phenoxy) is 4. The Hall–Kier alpha value is -4.47. The third-order valence-corrected chi connectivity index (χ3v) is 6.69. The fraction of sp³-hybridized carbons (Fsp3) is 0.577. The standard InChI is InChI=1S/C16H19F2N3O7.C10H13F2N3O4/c1-7(26-9(3)23)12-13(27-10(4)24)16(17,18)14(28-12)21-6-5-11(19-8(2)22)20-15(21)25;1-4(16)6-7(17)10(11,12)8(19-6)15-3-2-5(13)14-9(15)18/h5-7,12-14H,1-4H3,(H,19,20,22,25);2-4,6-8,16-17H,1H3,(H2,13,14,18)/t7?,12-,13-,14-;4?,6-,7-,8-/m11/s1. The number of nitrogens with zero attached hydrogens (tertiary/aromatic N) is 4. The Morgan fingerprint density at radius 2 is 1.47 bits per heavy atom. The van der Waals surface area contributed by atoms with E-state index >= 15 is 0 Å². The number of carbonyl (C=O) groups is 3. The smallest absolute Gasteiger partial charge is 0.351 e. The lowest BCUT2D eigenvalue weighted by molar-refractivity contribution is -0.176.